The van der Waals surface area contributed by atoms with Crippen molar-refractivity contribution >= 4 is 0 Å². The first-order valence-corrected chi connectivity index (χ1v) is 13.1. The molecule has 3 rings (SSSR count). The number of ether oxygens (including phenoxy) is 1. The summed E-state index contributed by atoms with van der Waals surface area (Å²) < 4.78 is 5.80. The molecular weight excluding hydrogens is 388 g/mol. The third kappa shape index (κ3) is 8.38. The summed E-state index contributed by atoms with van der Waals surface area (Å²) in [6.45, 7) is 5.30. The molecule has 0 atom stereocenters. The van der Waals surface area contributed by atoms with Gasteiger partial charge < -0.3 is 4.74 Å². The van der Waals surface area contributed by atoms with Crippen LogP contribution >= 0.6 is 0 Å². The second-order valence-electron chi connectivity index (χ2n) is 9.45. The standard InChI is InChI=1S/C31H42O/c1-3-5-7-8-10-26-13-19-29(20-14-26)30-21-15-27(16-22-30)11-12-28-17-23-31(24-18-28)32-25-9-6-4-2/h13-14,17-20,23-24,27,30H,3-10,15-16,21-22,25H2,1-2H3/t27-,30-. The van der Waals surface area contributed by atoms with Crippen LogP contribution in [0, 0.1) is 17.8 Å². The molecule has 1 nitrogen and oxygen atoms in total. The minimum absolute atomic E-state index is 0.536. The Bertz CT molecular complexity index is 814. The van der Waals surface area contributed by atoms with E-state index in [2.05, 4.69) is 74.2 Å². The van der Waals surface area contributed by atoms with Crippen LogP contribution < -0.4 is 4.74 Å². The van der Waals surface area contributed by atoms with E-state index in [0.29, 0.717) is 11.8 Å². The van der Waals surface area contributed by atoms with Gasteiger partial charge in [-0.25, -0.2) is 0 Å². The minimum Gasteiger partial charge on any atom is -0.494 e. The number of unbranched alkanes of at least 4 members (excludes halogenated alkanes) is 5. The lowest BCUT2D eigenvalue weighted by molar-refractivity contribution is 0.306. The number of benzene rings is 2. The van der Waals surface area contributed by atoms with Crippen LogP contribution in [0.15, 0.2) is 48.5 Å². The average molecular weight is 431 g/mol. The molecule has 0 N–H and O–H groups in total. The maximum absolute atomic E-state index is 5.80. The Morgan fingerprint density at radius 3 is 2.12 bits per heavy atom. The van der Waals surface area contributed by atoms with E-state index in [9.17, 15) is 0 Å². The van der Waals surface area contributed by atoms with Crippen molar-refractivity contribution in [1.82, 2.24) is 0 Å². The monoisotopic (exact) mass is 430 g/mol. The summed E-state index contributed by atoms with van der Waals surface area (Å²) in [5.74, 6) is 9.15. The Balaban J connectivity index is 1.41. The number of hydrogen-bond donors (Lipinski definition) is 0. The lowest BCUT2D eigenvalue weighted by Crippen LogP contribution is -2.12. The summed E-state index contributed by atoms with van der Waals surface area (Å²) in [6.07, 6.45) is 15.1. The first kappa shape index (κ1) is 24.4. The maximum atomic E-state index is 5.80. The lowest BCUT2D eigenvalue weighted by Gasteiger charge is -2.26. The molecule has 0 amide bonds. The Kier molecular flexibility index (Phi) is 10.7. The highest BCUT2D eigenvalue weighted by Crippen LogP contribution is 2.35. The third-order valence-corrected chi connectivity index (χ3v) is 6.79. The number of rotatable bonds is 11. The Morgan fingerprint density at radius 2 is 1.44 bits per heavy atom. The van der Waals surface area contributed by atoms with Gasteiger partial charge in [-0.15, -0.1) is 0 Å². The Morgan fingerprint density at radius 1 is 0.750 bits per heavy atom. The van der Waals surface area contributed by atoms with Gasteiger partial charge in [0, 0.05) is 11.5 Å². The molecule has 0 bridgehead atoms. The zero-order valence-electron chi connectivity index (χ0n) is 20.4. The molecule has 0 radical (unpaired) electrons. The van der Waals surface area contributed by atoms with Gasteiger partial charge in [0.2, 0.25) is 0 Å². The highest BCUT2D eigenvalue weighted by molar-refractivity contribution is 5.38. The second kappa shape index (κ2) is 14.1. The van der Waals surface area contributed by atoms with Crippen molar-refractivity contribution in [3.8, 4) is 17.6 Å². The van der Waals surface area contributed by atoms with E-state index in [1.54, 1.807) is 0 Å². The summed E-state index contributed by atoms with van der Waals surface area (Å²) in [7, 11) is 0. The maximum Gasteiger partial charge on any atom is 0.119 e. The van der Waals surface area contributed by atoms with Crippen LogP contribution in [0.1, 0.15) is 107 Å². The topological polar surface area (TPSA) is 9.23 Å². The van der Waals surface area contributed by atoms with Crippen LogP contribution in [-0.4, -0.2) is 6.61 Å². The highest BCUT2D eigenvalue weighted by Gasteiger charge is 2.21. The van der Waals surface area contributed by atoms with Crippen molar-refractivity contribution in [3.05, 3.63) is 65.2 Å². The molecule has 0 unspecified atom stereocenters. The van der Waals surface area contributed by atoms with Crippen LogP contribution in [0.2, 0.25) is 0 Å². The fraction of sp³-hybridized carbons (Fsp3) is 0.548. The van der Waals surface area contributed by atoms with Gasteiger partial charge in [0.15, 0.2) is 0 Å². The van der Waals surface area contributed by atoms with E-state index >= 15 is 0 Å². The molecule has 172 valence electrons. The van der Waals surface area contributed by atoms with Crippen LogP contribution in [0.3, 0.4) is 0 Å². The van der Waals surface area contributed by atoms with E-state index < -0.39 is 0 Å². The van der Waals surface area contributed by atoms with Crippen molar-refractivity contribution in [2.45, 2.75) is 96.8 Å². The molecule has 0 aliphatic heterocycles. The molecule has 0 aromatic heterocycles. The first-order chi connectivity index (χ1) is 15.8. The molecule has 2 aromatic rings. The lowest BCUT2D eigenvalue weighted by atomic mass is 9.78. The van der Waals surface area contributed by atoms with E-state index in [4.69, 9.17) is 4.74 Å². The Labute approximate surface area is 197 Å². The molecule has 1 saturated carbocycles. The van der Waals surface area contributed by atoms with E-state index in [0.717, 1.165) is 24.3 Å². The normalized spacial score (nSPS) is 18.1. The van der Waals surface area contributed by atoms with Crippen LogP contribution in [0.4, 0.5) is 0 Å². The summed E-state index contributed by atoms with van der Waals surface area (Å²) in [6, 6.07) is 17.8. The largest absolute Gasteiger partial charge is 0.494 e. The first-order valence-electron chi connectivity index (χ1n) is 13.1. The van der Waals surface area contributed by atoms with Gasteiger partial charge in [-0.05, 0) is 86.3 Å². The second-order valence-corrected chi connectivity index (χ2v) is 9.45. The summed E-state index contributed by atoms with van der Waals surface area (Å²) in [4.78, 5) is 0. The molecule has 1 heteroatoms. The van der Waals surface area contributed by atoms with Crippen LogP contribution in [0.25, 0.3) is 0 Å². The van der Waals surface area contributed by atoms with Gasteiger partial charge in [-0.2, -0.15) is 0 Å². The molecule has 2 aromatic carbocycles. The van der Waals surface area contributed by atoms with Gasteiger partial charge in [-0.1, -0.05) is 82.1 Å². The molecule has 1 aliphatic rings. The average Bonchev–Trinajstić information content (AvgIpc) is 2.85. The number of aryl methyl sites for hydroxylation is 1. The van der Waals surface area contributed by atoms with E-state index in [-0.39, 0.29) is 0 Å². The van der Waals surface area contributed by atoms with Crippen molar-refractivity contribution in [3.63, 3.8) is 0 Å². The van der Waals surface area contributed by atoms with Gasteiger partial charge in [0.05, 0.1) is 6.61 Å². The highest BCUT2D eigenvalue weighted by atomic mass is 16.5. The predicted molar refractivity (Wildman–Crippen MR) is 137 cm³/mol. The molecule has 0 heterocycles. The fourth-order valence-electron chi connectivity index (χ4n) is 4.65. The predicted octanol–water partition coefficient (Wildman–Crippen LogP) is 8.70. The molecule has 1 aliphatic carbocycles. The summed E-state index contributed by atoms with van der Waals surface area (Å²) in [5.41, 5.74) is 4.13. The zero-order chi connectivity index (χ0) is 22.4. The SMILES string of the molecule is CCCCCCc1ccc([C@H]2CC[C@H](C#Cc3ccc(OCCCCC)cc3)CC2)cc1. The van der Waals surface area contributed by atoms with Crippen molar-refractivity contribution < 1.29 is 4.74 Å². The Hall–Kier alpha value is -2.20. The molecular formula is C31H42O. The minimum atomic E-state index is 0.536. The smallest absolute Gasteiger partial charge is 0.119 e. The van der Waals surface area contributed by atoms with Crippen molar-refractivity contribution in [2.24, 2.45) is 5.92 Å². The van der Waals surface area contributed by atoms with Crippen LogP contribution in [-0.2, 0) is 6.42 Å². The quantitative estimate of drug-likeness (QED) is 0.256. The van der Waals surface area contributed by atoms with E-state index in [1.807, 2.05) is 0 Å². The summed E-state index contributed by atoms with van der Waals surface area (Å²) in [5, 5.41) is 0. The van der Waals surface area contributed by atoms with Crippen molar-refractivity contribution in [2.75, 3.05) is 6.61 Å². The third-order valence-electron chi connectivity index (χ3n) is 6.79. The van der Waals surface area contributed by atoms with Crippen LogP contribution in [0.5, 0.6) is 5.75 Å². The molecule has 32 heavy (non-hydrogen) atoms. The van der Waals surface area contributed by atoms with Gasteiger partial charge in [0.25, 0.3) is 0 Å². The summed E-state index contributed by atoms with van der Waals surface area (Å²) >= 11 is 0. The molecule has 1 fully saturated rings. The molecule has 0 spiro atoms. The van der Waals surface area contributed by atoms with Crippen molar-refractivity contribution in [1.29, 1.82) is 0 Å². The number of hydrogen-bond acceptors (Lipinski definition) is 1. The molecule has 0 saturated heterocycles. The van der Waals surface area contributed by atoms with Gasteiger partial charge >= 0.3 is 0 Å². The van der Waals surface area contributed by atoms with Gasteiger partial charge in [0.1, 0.15) is 5.75 Å². The van der Waals surface area contributed by atoms with Gasteiger partial charge in [-0.3, -0.25) is 0 Å². The zero-order valence-corrected chi connectivity index (χ0v) is 20.4. The van der Waals surface area contributed by atoms with E-state index in [1.165, 1.54) is 81.8 Å². The fourth-order valence-corrected chi connectivity index (χ4v) is 4.65.